The molecule has 7 heteroatoms. The van der Waals surface area contributed by atoms with Crippen LogP contribution in [0.5, 0.6) is 0 Å². The molecule has 21 heavy (non-hydrogen) atoms. The number of aromatic nitrogens is 2. The van der Waals surface area contributed by atoms with Crippen molar-refractivity contribution in [3.63, 3.8) is 0 Å². The zero-order chi connectivity index (χ0) is 15.2. The summed E-state index contributed by atoms with van der Waals surface area (Å²) in [7, 11) is 0. The molecule has 0 radical (unpaired) electrons. The van der Waals surface area contributed by atoms with E-state index in [1.807, 2.05) is 16.9 Å². The van der Waals surface area contributed by atoms with E-state index in [4.69, 9.17) is 5.26 Å². The van der Waals surface area contributed by atoms with Gasteiger partial charge in [0.2, 0.25) is 0 Å². The quantitative estimate of drug-likeness (QED) is 0.650. The summed E-state index contributed by atoms with van der Waals surface area (Å²) in [5, 5.41) is 27.0. The molecule has 0 aliphatic rings. The maximum Gasteiger partial charge on any atom is 0.293 e. The molecule has 0 saturated heterocycles. The van der Waals surface area contributed by atoms with Crippen LogP contribution in [-0.4, -0.2) is 14.7 Å². The van der Waals surface area contributed by atoms with Crippen LogP contribution in [-0.2, 0) is 13.1 Å². The molecule has 0 aliphatic carbocycles. The highest BCUT2D eigenvalue weighted by atomic mass is 16.6. The van der Waals surface area contributed by atoms with Crippen molar-refractivity contribution in [3.8, 4) is 6.07 Å². The Morgan fingerprint density at radius 2 is 2.33 bits per heavy atom. The molecule has 0 saturated carbocycles. The van der Waals surface area contributed by atoms with Crippen LogP contribution in [0.2, 0.25) is 0 Å². The van der Waals surface area contributed by atoms with Crippen LogP contribution in [0.4, 0.5) is 11.4 Å². The van der Waals surface area contributed by atoms with Crippen molar-refractivity contribution in [1.82, 2.24) is 9.78 Å². The summed E-state index contributed by atoms with van der Waals surface area (Å²) in [6.45, 7) is 3.35. The smallest absolute Gasteiger partial charge is 0.293 e. The molecule has 2 aromatic rings. The third-order valence-electron chi connectivity index (χ3n) is 2.95. The van der Waals surface area contributed by atoms with Gasteiger partial charge in [-0.2, -0.15) is 10.4 Å². The molecular weight excluding hydrogens is 270 g/mol. The zero-order valence-electron chi connectivity index (χ0n) is 11.6. The van der Waals surface area contributed by atoms with E-state index in [0.717, 1.165) is 18.5 Å². The van der Waals surface area contributed by atoms with Gasteiger partial charge in [0.05, 0.1) is 22.8 Å². The average Bonchev–Trinajstić information content (AvgIpc) is 2.93. The third-order valence-corrected chi connectivity index (χ3v) is 2.95. The minimum absolute atomic E-state index is 0.102. The Labute approximate surface area is 122 Å². The van der Waals surface area contributed by atoms with E-state index in [1.165, 1.54) is 6.07 Å². The van der Waals surface area contributed by atoms with Crippen LogP contribution in [0, 0.1) is 21.4 Å². The molecule has 2 rings (SSSR count). The minimum atomic E-state index is -0.496. The summed E-state index contributed by atoms with van der Waals surface area (Å²) in [6.07, 6.45) is 4.64. The number of rotatable bonds is 6. The van der Waals surface area contributed by atoms with Gasteiger partial charge in [-0.25, -0.2) is 0 Å². The number of nitro groups is 1. The van der Waals surface area contributed by atoms with Crippen molar-refractivity contribution in [2.24, 2.45) is 0 Å². The molecule has 0 aliphatic heterocycles. The number of nitrogens with one attached hydrogen (secondary N) is 1. The summed E-state index contributed by atoms with van der Waals surface area (Å²) in [4.78, 5) is 10.5. The fraction of sp³-hybridized carbons (Fsp3) is 0.286. The Balaban J connectivity index is 2.12. The largest absolute Gasteiger partial charge is 0.375 e. The molecule has 0 unspecified atom stereocenters. The SMILES string of the molecule is CCCn1cc(CNc2ccc(C#N)cc2[N+](=O)[O-])cn1. The standard InChI is InChI=1S/C14H15N5O2/c1-2-5-18-10-12(9-17-18)8-16-13-4-3-11(7-15)6-14(13)19(20)21/h3-4,6,9-10,16H,2,5,8H2,1H3. The molecular formula is C14H15N5O2. The van der Waals surface area contributed by atoms with Crippen LogP contribution < -0.4 is 5.32 Å². The number of nitriles is 1. The first-order chi connectivity index (χ1) is 10.1. The van der Waals surface area contributed by atoms with E-state index in [-0.39, 0.29) is 11.3 Å². The highest BCUT2D eigenvalue weighted by molar-refractivity contribution is 5.64. The van der Waals surface area contributed by atoms with Gasteiger partial charge in [-0.1, -0.05) is 6.92 Å². The van der Waals surface area contributed by atoms with Crippen LogP contribution in [0.15, 0.2) is 30.6 Å². The number of nitro benzene ring substituents is 1. The lowest BCUT2D eigenvalue weighted by molar-refractivity contribution is -0.384. The van der Waals surface area contributed by atoms with Crippen molar-refractivity contribution < 1.29 is 4.92 Å². The second-order valence-corrected chi connectivity index (χ2v) is 4.57. The molecule has 1 aromatic carbocycles. The highest BCUT2D eigenvalue weighted by Crippen LogP contribution is 2.25. The summed E-state index contributed by atoms with van der Waals surface area (Å²) < 4.78 is 1.84. The van der Waals surface area contributed by atoms with Crippen LogP contribution in [0.25, 0.3) is 0 Å². The fourth-order valence-corrected chi connectivity index (χ4v) is 1.95. The van der Waals surface area contributed by atoms with Crippen molar-refractivity contribution in [2.75, 3.05) is 5.32 Å². The summed E-state index contributed by atoms with van der Waals surface area (Å²) in [6, 6.07) is 6.26. The van der Waals surface area contributed by atoms with Crippen LogP contribution in [0.1, 0.15) is 24.5 Å². The summed E-state index contributed by atoms with van der Waals surface area (Å²) in [5.74, 6) is 0. The van der Waals surface area contributed by atoms with E-state index in [9.17, 15) is 10.1 Å². The Morgan fingerprint density at radius 3 is 3.00 bits per heavy atom. The van der Waals surface area contributed by atoms with Gasteiger partial charge in [0, 0.05) is 30.9 Å². The summed E-state index contributed by atoms with van der Waals surface area (Å²) in [5.41, 5.74) is 1.50. The molecule has 108 valence electrons. The molecule has 1 aromatic heterocycles. The molecule has 0 bridgehead atoms. The van der Waals surface area contributed by atoms with Crippen molar-refractivity contribution in [1.29, 1.82) is 5.26 Å². The van der Waals surface area contributed by atoms with Crippen molar-refractivity contribution in [2.45, 2.75) is 26.4 Å². The molecule has 0 spiro atoms. The Hall–Kier alpha value is -2.88. The first kappa shape index (κ1) is 14.5. The predicted octanol–water partition coefficient (Wildman–Crippen LogP) is 2.69. The van der Waals surface area contributed by atoms with E-state index in [1.54, 1.807) is 18.3 Å². The predicted molar refractivity (Wildman–Crippen MR) is 77.7 cm³/mol. The van der Waals surface area contributed by atoms with Crippen LogP contribution in [0.3, 0.4) is 0 Å². The Kier molecular flexibility index (Phi) is 4.51. The van der Waals surface area contributed by atoms with Crippen molar-refractivity contribution >= 4 is 11.4 Å². The van der Waals surface area contributed by atoms with E-state index in [0.29, 0.717) is 12.2 Å². The normalized spacial score (nSPS) is 10.1. The maximum absolute atomic E-state index is 11.0. The van der Waals surface area contributed by atoms with Gasteiger partial charge in [-0.3, -0.25) is 14.8 Å². The van der Waals surface area contributed by atoms with E-state index < -0.39 is 4.92 Å². The lowest BCUT2D eigenvalue weighted by Crippen LogP contribution is -2.02. The van der Waals surface area contributed by atoms with Crippen molar-refractivity contribution in [3.05, 3.63) is 51.8 Å². The van der Waals surface area contributed by atoms with Gasteiger partial charge in [-0.05, 0) is 18.6 Å². The number of hydrogen-bond acceptors (Lipinski definition) is 5. The molecule has 1 N–H and O–H groups in total. The Bertz CT molecular complexity index is 687. The first-order valence-electron chi connectivity index (χ1n) is 6.57. The lowest BCUT2D eigenvalue weighted by Gasteiger charge is -2.05. The monoisotopic (exact) mass is 285 g/mol. The van der Waals surface area contributed by atoms with Gasteiger partial charge in [0.25, 0.3) is 5.69 Å². The minimum Gasteiger partial charge on any atom is -0.375 e. The van der Waals surface area contributed by atoms with Crippen LogP contribution >= 0.6 is 0 Å². The maximum atomic E-state index is 11.0. The van der Waals surface area contributed by atoms with E-state index in [2.05, 4.69) is 17.3 Å². The molecule has 0 atom stereocenters. The summed E-state index contributed by atoms with van der Waals surface area (Å²) >= 11 is 0. The average molecular weight is 285 g/mol. The first-order valence-corrected chi connectivity index (χ1v) is 6.57. The number of hydrogen-bond donors (Lipinski definition) is 1. The van der Waals surface area contributed by atoms with Gasteiger partial charge in [0.1, 0.15) is 5.69 Å². The number of anilines is 1. The van der Waals surface area contributed by atoms with Gasteiger partial charge < -0.3 is 5.32 Å². The van der Waals surface area contributed by atoms with E-state index >= 15 is 0 Å². The van der Waals surface area contributed by atoms with Gasteiger partial charge >= 0.3 is 0 Å². The topological polar surface area (TPSA) is 96.8 Å². The second kappa shape index (κ2) is 6.52. The number of aryl methyl sites for hydroxylation is 1. The lowest BCUT2D eigenvalue weighted by atomic mass is 10.2. The fourth-order valence-electron chi connectivity index (χ4n) is 1.95. The Morgan fingerprint density at radius 1 is 1.52 bits per heavy atom. The zero-order valence-corrected chi connectivity index (χ0v) is 11.6. The second-order valence-electron chi connectivity index (χ2n) is 4.57. The van der Waals surface area contributed by atoms with Gasteiger partial charge in [-0.15, -0.1) is 0 Å². The molecule has 0 amide bonds. The highest BCUT2D eigenvalue weighted by Gasteiger charge is 2.14. The number of benzene rings is 1. The number of nitrogens with zero attached hydrogens (tertiary/aromatic N) is 4. The van der Waals surface area contributed by atoms with Gasteiger partial charge in [0.15, 0.2) is 0 Å². The third kappa shape index (κ3) is 3.57. The molecule has 7 nitrogen and oxygen atoms in total. The molecule has 0 fully saturated rings. The molecule has 1 heterocycles.